The number of anilines is 1. The van der Waals surface area contributed by atoms with Crippen molar-refractivity contribution in [2.45, 2.75) is 50.6 Å². The number of methoxy groups -OCH3 is 1. The Labute approximate surface area is 252 Å². The Bertz CT molecular complexity index is 1310. The Hall–Kier alpha value is -3.08. The van der Waals surface area contributed by atoms with Gasteiger partial charge in [-0.25, -0.2) is 8.78 Å². The van der Waals surface area contributed by atoms with E-state index in [1.807, 2.05) is 36.4 Å². The van der Waals surface area contributed by atoms with Gasteiger partial charge in [-0.05, 0) is 71.8 Å². The Kier molecular flexibility index (Phi) is 11.4. The average Bonchev–Trinajstić information content (AvgIpc) is 3.02. The van der Waals surface area contributed by atoms with Crippen molar-refractivity contribution in [1.82, 2.24) is 5.32 Å². The van der Waals surface area contributed by atoms with Crippen LogP contribution >= 0.6 is 0 Å². The molecule has 2 N–H and O–H groups in total. The first kappa shape index (κ1) is 31.3. The Morgan fingerprint density at radius 2 is 1.79 bits per heavy atom. The zero-order valence-electron chi connectivity index (χ0n) is 24.8. The number of hydrogen-bond acceptors (Lipinski definition) is 7. The van der Waals surface area contributed by atoms with Crippen LogP contribution in [0.2, 0.25) is 0 Å². The summed E-state index contributed by atoms with van der Waals surface area (Å²) < 4.78 is 50.5. The summed E-state index contributed by atoms with van der Waals surface area (Å²) in [5.41, 5.74) is 4.54. The maximum Gasteiger partial charge on any atom is 0.142 e. The lowest BCUT2D eigenvalue weighted by Gasteiger charge is -2.36. The van der Waals surface area contributed by atoms with E-state index in [1.165, 1.54) is 6.07 Å². The van der Waals surface area contributed by atoms with Crippen LogP contribution in [-0.4, -0.2) is 70.4 Å². The summed E-state index contributed by atoms with van der Waals surface area (Å²) in [6.07, 6.45) is 1.20. The Morgan fingerprint density at radius 1 is 0.953 bits per heavy atom. The van der Waals surface area contributed by atoms with Crippen molar-refractivity contribution in [1.29, 1.82) is 0 Å². The van der Waals surface area contributed by atoms with E-state index < -0.39 is 17.7 Å². The molecule has 0 bridgehead atoms. The van der Waals surface area contributed by atoms with Gasteiger partial charge in [0.1, 0.15) is 24.0 Å². The van der Waals surface area contributed by atoms with Gasteiger partial charge < -0.3 is 34.3 Å². The minimum atomic E-state index is -0.572. The first-order valence-electron chi connectivity index (χ1n) is 15.1. The number of ether oxygens (including phenoxy) is 4. The topological polar surface area (TPSA) is 72.4 Å². The molecule has 2 aliphatic heterocycles. The molecular formula is C34H42F2N2O5. The number of hydrogen-bond donors (Lipinski definition) is 2. The number of rotatable bonds is 14. The van der Waals surface area contributed by atoms with Gasteiger partial charge in [0.25, 0.3) is 0 Å². The van der Waals surface area contributed by atoms with E-state index in [0.717, 1.165) is 66.4 Å². The highest BCUT2D eigenvalue weighted by atomic mass is 19.1. The second-order valence-electron chi connectivity index (χ2n) is 11.2. The van der Waals surface area contributed by atoms with Crippen molar-refractivity contribution in [2.75, 3.05) is 58.0 Å². The molecule has 3 aromatic carbocycles. The van der Waals surface area contributed by atoms with E-state index in [1.54, 1.807) is 7.11 Å². The van der Waals surface area contributed by atoms with Gasteiger partial charge in [-0.2, -0.15) is 0 Å². The van der Waals surface area contributed by atoms with Gasteiger partial charge in [0.2, 0.25) is 0 Å². The molecule has 232 valence electrons. The zero-order valence-corrected chi connectivity index (χ0v) is 24.8. The lowest BCUT2D eigenvalue weighted by atomic mass is 9.85. The first-order valence-corrected chi connectivity index (χ1v) is 15.1. The van der Waals surface area contributed by atoms with Crippen LogP contribution in [0, 0.1) is 11.6 Å². The number of benzene rings is 3. The Balaban J connectivity index is 1.14. The van der Waals surface area contributed by atoms with E-state index in [0.29, 0.717) is 57.9 Å². The third-order valence-corrected chi connectivity index (χ3v) is 8.11. The van der Waals surface area contributed by atoms with Gasteiger partial charge in [-0.15, -0.1) is 0 Å². The predicted molar refractivity (Wildman–Crippen MR) is 162 cm³/mol. The standard InChI is InChI=1S/C34H42F2N2O5/c1-40-15-3-13-38-14-17-42-32-12-7-25(18-30(32)38)23-43-33-21-37-20-31(39)34(33)26-8-5-24(6-9-26)22-41-16-2-4-27-19-28(35)10-11-29(27)36/h5-12,18-19,31,33-34,37,39H,2-4,13-17,20-23H2,1H3. The molecule has 2 aliphatic rings. The monoisotopic (exact) mass is 596 g/mol. The summed E-state index contributed by atoms with van der Waals surface area (Å²) >= 11 is 0. The smallest absolute Gasteiger partial charge is 0.142 e. The van der Waals surface area contributed by atoms with Crippen LogP contribution in [0.5, 0.6) is 5.75 Å². The first-order chi connectivity index (χ1) is 21.0. The number of halogens is 2. The minimum Gasteiger partial charge on any atom is -0.490 e. The highest BCUT2D eigenvalue weighted by molar-refractivity contribution is 5.61. The lowest BCUT2D eigenvalue weighted by molar-refractivity contribution is -0.0328. The van der Waals surface area contributed by atoms with Crippen molar-refractivity contribution >= 4 is 5.69 Å². The molecule has 1 fully saturated rings. The molecule has 3 atom stereocenters. The fourth-order valence-corrected chi connectivity index (χ4v) is 5.84. The lowest BCUT2D eigenvalue weighted by Crippen LogP contribution is -2.49. The molecule has 9 heteroatoms. The molecule has 0 spiro atoms. The maximum atomic E-state index is 13.8. The number of aryl methyl sites for hydroxylation is 1. The third-order valence-electron chi connectivity index (χ3n) is 8.11. The molecule has 5 rings (SSSR count). The van der Waals surface area contributed by atoms with E-state index in [-0.39, 0.29) is 12.0 Å². The molecule has 43 heavy (non-hydrogen) atoms. The number of β-amino-alcohol motifs (C(OH)–C–C–N with tert-alkyl or cyclic N) is 1. The number of fused-ring (bicyclic) bond motifs is 1. The molecular weight excluding hydrogens is 554 g/mol. The maximum absolute atomic E-state index is 13.8. The second-order valence-corrected chi connectivity index (χ2v) is 11.2. The normalized spacial score (nSPS) is 20.1. The van der Waals surface area contributed by atoms with Gasteiger partial charge in [0, 0.05) is 45.9 Å². The van der Waals surface area contributed by atoms with Crippen molar-refractivity contribution in [3.8, 4) is 5.75 Å². The van der Waals surface area contributed by atoms with Gasteiger partial charge >= 0.3 is 0 Å². The van der Waals surface area contributed by atoms with Crippen LogP contribution in [0.25, 0.3) is 0 Å². The van der Waals surface area contributed by atoms with Crippen LogP contribution in [-0.2, 0) is 33.8 Å². The predicted octanol–water partition coefficient (Wildman–Crippen LogP) is 4.98. The number of aliphatic hydroxyl groups is 1. The number of nitrogens with one attached hydrogen (secondary N) is 1. The molecule has 0 aromatic heterocycles. The van der Waals surface area contributed by atoms with Crippen LogP contribution in [0.1, 0.15) is 41.0 Å². The number of piperidine rings is 1. The van der Waals surface area contributed by atoms with E-state index in [2.05, 4.69) is 16.3 Å². The number of aliphatic hydroxyl groups excluding tert-OH is 1. The molecule has 0 saturated carbocycles. The Morgan fingerprint density at radius 3 is 2.63 bits per heavy atom. The van der Waals surface area contributed by atoms with E-state index in [4.69, 9.17) is 18.9 Å². The van der Waals surface area contributed by atoms with Crippen LogP contribution in [0.4, 0.5) is 14.5 Å². The van der Waals surface area contributed by atoms with Crippen molar-refractivity contribution < 1.29 is 32.8 Å². The second kappa shape index (κ2) is 15.6. The SMILES string of the molecule is COCCCN1CCOc2ccc(COC3CNCC(O)C3c3ccc(COCCCc4cc(F)ccc4F)cc3)cc21. The quantitative estimate of drug-likeness (QED) is 0.254. The largest absolute Gasteiger partial charge is 0.490 e. The van der Waals surface area contributed by atoms with Crippen LogP contribution in [0.15, 0.2) is 60.7 Å². The summed E-state index contributed by atoms with van der Waals surface area (Å²) in [4.78, 5) is 2.34. The molecule has 0 amide bonds. The van der Waals surface area contributed by atoms with E-state index in [9.17, 15) is 13.9 Å². The van der Waals surface area contributed by atoms with E-state index >= 15 is 0 Å². The summed E-state index contributed by atoms with van der Waals surface area (Å²) in [7, 11) is 1.72. The number of nitrogens with zero attached hydrogens (tertiary/aromatic N) is 1. The van der Waals surface area contributed by atoms with Crippen LogP contribution < -0.4 is 15.0 Å². The highest BCUT2D eigenvalue weighted by Gasteiger charge is 2.34. The van der Waals surface area contributed by atoms with Crippen molar-refractivity contribution in [3.63, 3.8) is 0 Å². The van der Waals surface area contributed by atoms with Crippen LogP contribution in [0.3, 0.4) is 0 Å². The van der Waals surface area contributed by atoms with Gasteiger partial charge in [-0.1, -0.05) is 30.3 Å². The summed E-state index contributed by atoms with van der Waals surface area (Å²) in [5, 5.41) is 14.2. The fraction of sp³-hybridized carbons (Fsp3) is 0.471. The third kappa shape index (κ3) is 8.52. The van der Waals surface area contributed by atoms with Crippen molar-refractivity contribution in [3.05, 3.63) is 94.6 Å². The molecule has 2 heterocycles. The fourth-order valence-electron chi connectivity index (χ4n) is 5.84. The van der Waals surface area contributed by atoms with Gasteiger partial charge in [-0.3, -0.25) is 0 Å². The summed E-state index contributed by atoms with van der Waals surface area (Å²) in [6, 6.07) is 17.8. The summed E-state index contributed by atoms with van der Waals surface area (Å²) in [6.45, 7) is 5.60. The average molecular weight is 597 g/mol. The highest BCUT2D eigenvalue weighted by Crippen LogP contribution is 2.34. The molecule has 1 saturated heterocycles. The molecule has 3 unspecified atom stereocenters. The molecule has 0 aliphatic carbocycles. The minimum absolute atomic E-state index is 0.163. The van der Waals surface area contributed by atoms with Gasteiger partial charge in [0.05, 0.1) is 37.7 Å². The van der Waals surface area contributed by atoms with Crippen molar-refractivity contribution in [2.24, 2.45) is 0 Å². The molecule has 3 aromatic rings. The molecule has 0 radical (unpaired) electrons. The zero-order chi connectivity index (χ0) is 30.0. The molecule has 7 nitrogen and oxygen atoms in total. The van der Waals surface area contributed by atoms with Gasteiger partial charge in [0.15, 0.2) is 0 Å². The summed E-state index contributed by atoms with van der Waals surface area (Å²) in [5.74, 6) is -0.0936.